The molecule has 1 N–H and O–H groups in total. The molecule has 0 aliphatic heterocycles. The average Bonchev–Trinajstić information content (AvgIpc) is 2.69. The van der Waals surface area contributed by atoms with E-state index in [9.17, 15) is 14.4 Å². The molecular weight excluding hydrogens is 364 g/mol. The summed E-state index contributed by atoms with van der Waals surface area (Å²) in [7, 11) is 4.47. The van der Waals surface area contributed by atoms with Crippen LogP contribution in [0.4, 0.5) is 5.69 Å². The van der Waals surface area contributed by atoms with E-state index in [1.54, 1.807) is 38.3 Å². The van der Waals surface area contributed by atoms with E-state index in [-0.39, 0.29) is 11.0 Å². The summed E-state index contributed by atoms with van der Waals surface area (Å²) < 4.78 is 12.5. The van der Waals surface area contributed by atoms with E-state index in [0.29, 0.717) is 22.7 Å². The van der Waals surface area contributed by atoms with Gasteiger partial charge in [-0.25, -0.2) is 14.3 Å². The fraction of sp³-hybridized carbons (Fsp3) is 0.263. The normalized spacial score (nSPS) is 10.7. The third kappa shape index (κ3) is 3.34. The van der Waals surface area contributed by atoms with Crippen LogP contribution in [0.1, 0.15) is 5.56 Å². The Morgan fingerprint density at radius 1 is 1.14 bits per heavy atom. The number of nitrogens with zero attached hydrogens (tertiary/aromatic N) is 3. The molecule has 0 bridgehead atoms. The summed E-state index contributed by atoms with van der Waals surface area (Å²) in [5, 5.41) is 2.81. The molecule has 0 saturated heterocycles. The molecule has 0 aliphatic rings. The van der Waals surface area contributed by atoms with Gasteiger partial charge in [-0.05, 0) is 31.2 Å². The Kier molecular flexibility index (Phi) is 5.16. The number of ether oxygens (including phenoxy) is 2. The average molecular weight is 384 g/mol. The molecule has 3 aromatic rings. The second-order valence-corrected chi connectivity index (χ2v) is 6.18. The van der Waals surface area contributed by atoms with Crippen LogP contribution >= 0.6 is 0 Å². The van der Waals surface area contributed by atoms with Gasteiger partial charge in [0.1, 0.15) is 23.4 Å². The van der Waals surface area contributed by atoms with E-state index < -0.39 is 23.7 Å². The lowest BCUT2D eigenvalue weighted by atomic mass is 10.2. The van der Waals surface area contributed by atoms with Gasteiger partial charge in [-0.1, -0.05) is 0 Å². The number of hydrogen-bond acceptors (Lipinski definition) is 6. The van der Waals surface area contributed by atoms with Crippen molar-refractivity contribution in [3.8, 4) is 11.5 Å². The van der Waals surface area contributed by atoms with Crippen molar-refractivity contribution in [3.05, 3.63) is 56.9 Å². The molecule has 0 aliphatic carbocycles. The van der Waals surface area contributed by atoms with Crippen molar-refractivity contribution in [2.45, 2.75) is 13.5 Å². The maximum absolute atomic E-state index is 12.9. The predicted molar refractivity (Wildman–Crippen MR) is 104 cm³/mol. The summed E-state index contributed by atoms with van der Waals surface area (Å²) >= 11 is 0. The fourth-order valence-electron chi connectivity index (χ4n) is 2.94. The molecule has 0 fully saturated rings. The first-order chi connectivity index (χ1) is 13.4. The van der Waals surface area contributed by atoms with Crippen LogP contribution in [0.3, 0.4) is 0 Å². The highest BCUT2D eigenvalue weighted by Gasteiger charge is 2.19. The number of amides is 1. The molecule has 0 atom stereocenters. The smallest absolute Gasteiger partial charge is 0.332 e. The number of aromatic nitrogens is 3. The quantitative estimate of drug-likeness (QED) is 0.705. The van der Waals surface area contributed by atoms with E-state index in [0.717, 1.165) is 4.57 Å². The van der Waals surface area contributed by atoms with Crippen molar-refractivity contribution < 1.29 is 14.3 Å². The first-order valence-corrected chi connectivity index (χ1v) is 8.44. The van der Waals surface area contributed by atoms with Crippen molar-refractivity contribution in [3.63, 3.8) is 0 Å². The summed E-state index contributed by atoms with van der Waals surface area (Å²) in [5.74, 6) is 0.464. The van der Waals surface area contributed by atoms with Gasteiger partial charge in [-0.2, -0.15) is 0 Å². The summed E-state index contributed by atoms with van der Waals surface area (Å²) in [5.41, 5.74) is 0.104. The van der Waals surface area contributed by atoms with Gasteiger partial charge < -0.3 is 14.8 Å². The third-order valence-corrected chi connectivity index (χ3v) is 4.36. The number of carbonyl (C=O) groups is 1. The molecule has 0 spiro atoms. The summed E-state index contributed by atoms with van der Waals surface area (Å²) in [4.78, 5) is 42.1. The van der Waals surface area contributed by atoms with E-state index in [2.05, 4.69) is 10.3 Å². The fourth-order valence-corrected chi connectivity index (χ4v) is 2.94. The van der Waals surface area contributed by atoms with E-state index in [1.807, 2.05) is 0 Å². The van der Waals surface area contributed by atoms with Crippen LogP contribution in [0.2, 0.25) is 0 Å². The molecule has 0 unspecified atom stereocenters. The number of benzene rings is 1. The zero-order valence-electron chi connectivity index (χ0n) is 16.0. The lowest BCUT2D eigenvalue weighted by Gasteiger charge is -2.13. The summed E-state index contributed by atoms with van der Waals surface area (Å²) in [6.45, 7) is 1.31. The van der Waals surface area contributed by atoms with Crippen LogP contribution < -0.4 is 26.0 Å². The number of anilines is 1. The molecule has 2 heterocycles. The molecule has 1 amide bonds. The van der Waals surface area contributed by atoms with Crippen molar-refractivity contribution in [1.82, 2.24) is 14.1 Å². The number of carbonyl (C=O) groups excluding carboxylic acids is 1. The maximum Gasteiger partial charge on any atom is 0.332 e. The number of methoxy groups -OCH3 is 2. The SMILES string of the molecule is COc1ccc(NC(=O)Cn2c(=O)c3c(OC)c(C)cnc3n(C)c2=O)cc1. The standard InChI is InChI=1S/C19H20N4O5/c1-11-9-20-17-15(16(11)28-4)18(25)23(19(26)22(17)2)10-14(24)21-12-5-7-13(27-3)8-6-12/h5-9H,10H2,1-4H3,(H,21,24). The van der Waals surface area contributed by atoms with Crippen LogP contribution in [0.25, 0.3) is 11.0 Å². The Morgan fingerprint density at radius 2 is 1.82 bits per heavy atom. The lowest BCUT2D eigenvalue weighted by Crippen LogP contribution is -2.42. The first kappa shape index (κ1) is 19.2. The Morgan fingerprint density at radius 3 is 2.43 bits per heavy atom. The summed E-state index contributed by atoms with van der Waals surface area (Å²) in [6.07, 6.45) is 1.53. The molecule has 9 heteroatoms. The zero-order chi connectivity index (χ0) is 20.4. The molecular formula is C19H20N4O5. The molecule has 28 heavy (non-hydrogen) atoms. The number of rotatable bonds is 5. The minimum Gasteiger partial charge on any atom is -0.497 e. The molecule has 3 rings (SSSR count). The molecule has 0 radical (unpaired) electrons. The topological polar surface area (TPSA) is 104 Å². The Hall–Kier alpha value is -3.62. The number of pyridine rings is 1. The van der Waals surface area contributed by atoms with Gasteiger partial charge >= 0.3 is 5.69 Å². The first-order valence-electron chi connectivity index (χ1n) is 8.44. The molecule has 2 aromatic heterocycles. The van der Waals surface area contributed by atoms with Gasteiger partial charge in [0.05, 0.1) is 14.2 Å². The number of nitrogens with one attached hydrogen (secondary N) is 1. The van der Waals surface area contributed by atoms with Crippen molar-refractivity contribution >= 4 is 22.6 Å². The van der Waals surface area contributed by atoms with Crippen molar-refractivity contribution in [2.75, 3.05) is 19.5 Å². The predicted octanol–water partition coefficient (Wildman–Crippen LogP) is 1.06. The van der Waals surface area contributed by atoms with Crippen molar-refractivity contribution in [1.29, 1.82) is 0 Å². The molecule has 0 saturated carbocycles. The second kappa shape index (κ2) is 7.55. The molecule has 1 aromatic carbocycles. The highest BCUT2D eigenvalue weighted by molar-refractivity contribution is 5.91. The van der Waals surface area contributed by atoms with E-state index >= 15 is 0 Å². The Balaban J connectivity index is 2.01. The van der Waals surface area contributed by atoms with Gasteiger partial charge in [0.15, 0.2) is 5.65 Å². The van der Waals surface area contributed by atoms with Crippen LogP contribution in [0.5, 0.6) is 11.5 Å². The van der Waals surface area contributed by atoms with E-state index in [1.165, 1.54) is 24.9 Å². The highest BCUT2D eigenvalue weighted by atomic mass is 16.5. The number of aryl methyl sites for hydroxylation is 2. The maximum atomic E-state index is 12.9. The van der Waals surface area contributed by atoms with Gasteiger partial charge in [0, 0.05) is 24.5 Å². The largest absolute Gasteiger partial charge is 0.497 e. The highest BCUT2D eigenvalue weighted by Crippen LogP contribution is 2.23. The Bertz CT molecular complexity index is 1160. The number of fused-ring (bicyclic) bond motifs is 1. The zero-order valence-corrected chi connectivity index (χ0v) is 16.0. The number of hydrogen-bond donors (Lipinski definition) is 1. The monoisotopic (exact) mass is 384 g/mol. The van der Waals surface area contributed by atoms with Gasteiger partial charge in [-0.3, -0.25) is 14.2 Å². The van der Waals surface area contributed by atoms with Crippen LogP contribution in [0.15, 0.2) is 40.1 Å². The van der Waals surface area contributed by atoms with Crippen LogP contribution in [-0.4, -0.2) is 34.2 Å². The van der Waals surface area contributed by atoms with Gasteiger partial charge in [-0.15, -0.1) is 0 Å². The van der Waals surface area contributed by atoms with Crippen LogP contribution in [0, 0.1) is 6.92 Å². The van der Waals surface area contributed by atoms with Crippen LogP contribution in [-0.2, 0) is 18.4 Å². The second-order valence-electron chi connectivity index (χ2n) is 6.18. The minimum absolute atomic E-state index is 0.154. The van der Waals surface area contributed by atoms with Gasteiger partial charge in [0.2, 0.25) is 5.91 Å². The van der Waals surface area contributed by atoms with E-state index in [4.69, 9.17) is 9.47 Å². The third-order valence-electron chi connectivity index (χ3n) is 4.36. The van der Waals surface area contributed by atoms with Crippen molar-refractivity contribution in [2.24, 2.45) is 7.05 Å². The molecule has 9 nitrogen and oxygen atoms in total. The lowest BCUT2D eigenvalue weighted by molar-refractivity contribution is -0.116. The Labute approximate surface area is 160 Å². The summed E-state index contributed by atoms with van der Waals surface area (Å²) in [6, 6.07) is 6.70. The van der Waals surface area contributed by atoms with Gasteiger partial charge in [0.25, 0.3) is 5.56 Å². The minimum atomic E-state index is -0.638. The molecule has 146 valence electrons.